The smallest absolute Gasteiger partial charge is 0.272 e. The number of nitrogens with one attached hydrogen (secondary N) is 3. The molecule has 1 saturated heterocycles. The van der Waals surface area contributed by atoms with Gasteiger partial charge >= 0.3 is 0 Å². The largest absolute Gasteiger partial charge is 0.347 e. The molecule has 7 heteroatoms. The summed E-state index contributed by atoms with van der Waals surface area (Å²) < 4.78 is 1.88. The Labute approximate surface area is 159 Å². The van der Waals surface area contributed by atoms with E-state index in [2.05, 4.69) is 21.0 Å². The summed E-state index contributed by atoms with van der Waals surface area (Å²) in [6.07, 6.45) is 4.08. The summed E-state index contributed by atoms with van der Waals surface area (Å²) in [6.45, 7) is 6.05. The third-order valence-corrected chi connectivity index (χ3v) is 4.68. The summed E-state index contributed by atoms with van der Waals surface area (Å²) in [5.41, 5.74) is 2.15. The van der Waals surface area contributed by atoms with E-state index in [1.165, 1.54) is 0 Å². The lowest BCUT2D eigenvalue weighted by Gasteiger charge is -2.22. The van der Waals surface area contributed by atoms with Crippen molar-refractivity contribution >= 4 is 17.5 Å². The number of benzene rings is 1. The van der Waals surface area contributed by atoms with E-state index in [9.17, 15) is 9.59 Å². The van der Waals surface area contributed by atoms with Crippen LogP contribution in [0.15, 0.2) is 36.5 Å². The molecule has 0 bridgehead atoms. The van der Waals surface area contributed by atoms with Crippen molar-refractivity contribution in [3.05, 3.63) is 47.8 Å². The lowest BCUT2D eigenvalue weighted by Crippen LogP contribution is -2.32. The molecule has 27 heavy (non-hydrogen) atoms. The molecule has 1 aromatic heterocycles. The van der Waals surface area contributed by atoms with E-state index in [1.54, 1.807) is 6.07 Å². The maximum Gasteiger partial charge on any atom is 0.272 e. The topological polar surface area (TPSA) is 88.0 Å². The minimum absolute atomic E-state index is 0.0141. The number of carbonyl (C=O) groups is 2. The van der Waals surface area contributed by atoms with Gasteiger partial charge in [0, 0.05) is 30.9 Å². The van der Waals surface area contributed by atoms with Crippen molar-refractivity contribution in [1.29, 1.82) is 0 Å². The van der Waals surface area contributed by atoms with Crippen LogP contribution in [0.3, 0.4) is 0 Å². The van der Waals surface area contributed by atoms with Gasteiger partial charge < -0.3 is 16.0 Å². The molecule has 1 aromatic carbocycles. The lowest BCUT2D eigenvalue weighted by atomic mass is 10.1. The molecule has 0 spiro atoms. The van der Waals surface area contributed by atoms with Crippen molar-refractivity contribution in [2.45, 2.75) is 39.3 Å². The highest BCUT2D eigenvalue weighted by atomic mass is 16.2. The van der Waals surface area contributed by atoms with Gasteiger partial charge in [0.2, 0.25) is 5.91 Å². The summed E-state index contributed by atoms with van der Waals surface area (Å²) in [5.74, 6) is -0.261. The number of hydrogen-bond donors (Lipinski definition) is 3. The van der Waals surface area contributed by atoms with E-state index in [1.807, 2.05) is 49.0 Å². The van der Waals surface area contributed by atoms with Gasteiger partial charge in [-0.3, -0.25) is 14.3 Å². The Morgan fingerprint density at radius 3 is 2.70 bits per heavy atom. The fourth-order valence-corrected chi connectivity index (χ4v) is 2.99. The van der Waals surface area contributed by atoms with Crippen molar-refractivity contribution < 1.29 is 9.59 Å². The average Bonchev–Trinajstić information content (AvgIpc) is 3.18. The standard InChI is InChI=1S/C20H27N5O2/c1-14(2)19(26)23-16-7-5-15(6-8-16)12-22-20(27)18-9-11-25(24-18)17-4-3-10-21-13-17/h5-9,11,14,17,21H,3-4,10,12-13H2,1-2H3,(H,22,27)(H,23,26). The second-order valence-electron chi connectivity index (χ2n) is 7.20. The molecule has 0 radical (unpaired) electrons. The molecule has 1 fully saturated rings. The zero-order valence-electron chi connectivity index (χ0n) is 15.9. The molecule has 144 valence electrons. The second kappa shape index (κ2) is 8.81. The van der Waals surface area contributed by atoms with E-state index in [-0.39, 0.29) is 17.7 Å². The Hall–Kier alpha value is -2.67. The number of piperidine rings is 1. The molecule has 1 aliphatic rings. The van der Waals surface area contributed by atoms with Crippen molar-refractivity contribution in [3.63, 3.8) is 0 Å². The molecule has 2 heterocycles. The molecule has 2 amide bonds. The maximum atomic E-state index is 12.3. The van der Waals surface area contributed by atoms with Gasteiger partial charge in [-0.05, 0) is 43.1 Å². The predicted octanol–water partition coefficient (Wildman–Crippen LogP) is 2.33. The normalized spacial score (nSPS) is 16.9. The molecule has 0 saturated carbocycles. The van der Waals surface area contributed by atoms with Crippen LogP contribution in [0.2, 0.25) is 0 Å². The van der Waals surface area contributed by atoms with Crippen LogP contribution in [0, 0.1) is 5.92 Å². The zero-order valence-corrected chi connectivity index (χ0v) is 15.9. The molecule has 3 N–H and O–H groups in total. The van der Waals surface area contributed by atoms with Crippen LogP contribution in [-0.4, -0.2) is 34.7 Å². The van der Waals surface area contributed by atoms with Gasteiger partial charge in [0.05, 0.1) is 6.04 Å². The summed E-state index contributed by atoms with van der Waals surface area (Å²) in [6, 6.07) is 9.53. The number of anilines is 1. The molecule has 0 aliphatic carbocycles. The molecule has 1 unspecified atom stereocenters. The first-order valence-corrected chi connectivity index (χ1v) is 9.47. The fourth-order valence-electron chi connectivity index (χ4n) is 2.99. The van der Waals surface area contributed by atoms with E-state index < -0.39 is 0 Å². The van der Waals surface area contributed by atoms with Gasteiger partial charge in [-0.25, -0.2) is 0 Å². The Balaban J connectivity index is 1.51. The monoisotopic (exact) mass is 369 g/mol. The average molecular weight is 369 g/mol. The molecule has 1 atom stereocenters. The number of amides is 2. The molecule has 3 rings (SSSR count). The predicted molar refractivity (Wildman–Crippen MR) is 104 cm³/mol. The minimum atomic E-state index is -0.185. The van der Waals surface area contributed by atoms with Crippen LogP contribution in [0.25, 0.3) is 0 Å². The number of aromatic nitrogens is 2. The second-order valence-corrected chi connectivity index (χ2v) is 7.20. The van der Waals surface area contributed by atoms with E-state index in [0.29, 0.717) is 18.3 Å². The number of hydrogen-bond acceptors (Lipinski definition) is 4. The third kappa shape index (κ3) is 5.17. The highest BCUT2D eigenvalue weighted by Gasteiger charge is 2.17. The van der Waals surface area contributed by atoms with Crippen LogP contribution in [-0.2, 0) is 11.3 Å². The number of rotatable bonds is 6. The summed E-state index contributed by atoms with van der Waals surface area (Å²) in [5, 5.41) is 13.5. The maximum absolute atomic E-state index is 12.3. The third-order valence-electron chi connectivity index (χ3n) is 4.68. The highest BCUT2D eigenvalue weighted by molar-refractivity contribution is 5.92. The van der Waals surface area contributed by atoms with Gasteiger partial charge in [-0.15, -0.1) is 0 Å². The van der Waals surface area contributed by atoms with Crippen LogP contribution in [0.4, 0.5) is 5.69 Å². The van der Waals surface area contributed by atoms with Gasteiger partial charge in [0.15, 0.2) is 0 Å². The van der Waals surface area contributed by atoms with Crippen LogP contribution in [0.1, 0.15) is 48.8 Å². The van der Waals surface area contributed by atoms with Gasteiger partial charge in [-0.1, -0.05) is 26.0 Å². The Morgan fingerprint density at radius 1 is 1.26 bits per heavy atom. The Kier molecular flexibility index (Phi) is 6.24. The first-order valence-electron chi connectivity index (χ1n) is 9.47. The van der Waals surface area contributed by atoms with Gasteiger partial charge in [0.25, 0.3) is 5.91 Å². The van der Waals surface area contributed by atoms with E-state index >= 15 is 0 Å². The van der Waals surface area contributed by atoms with Crippen LogP contribution >= 0.6 is 0 Å². The molecular formula is C20H27N5O2. The zero-order chi connectivity index (χ0) is 19.2. The van der Waals surface area contributed by atoms with Gasteiger partial charge in [-0.2, -0.15) is 5.10 Å². The number of nitrogens with zero attached hydrogens (tertiary/aromatic N) is 2. The quantitative estimate of drug-likeness (QED) is 0.729. The SMILES string of the molecule is CC(C)C(=O)Nc1ccc(CNC(=O)c2ccn(C3CCCNC3)n2)cc1. The molecule has 7 nitrogen and oxygen atoms in total. The fraction of sp³-hybridized carbons (Fsp3) is 0.450. The van der Waals surface area contributed by atoms with Crippen molar-refractivity contribution in [1.82, 2.24) is 20.4 Å². The first-order chi connectivity index (χ1) is 13.0. The molecular weight excluding hydrogens is 342 g/mol. The molecule has 2 aromatic rings. The Bertz CT molecular complexity index is 776. The van der Waals surface area contributed by atoms with Crippen LogP contribution in [0.5, 0.6) is 0 Å². The van der Waals surface area contributed by atoms with Crippen LogP contribution < -0.4 is 16.0 Å². The first kappa shape index (κ1) is 19.1. The minimum Gasteiger partial charge on any atom is -0.347 e. The number of carbonyl (C=O) groups excluding carboxylic acids is 2. The van der Waals surface area contributed by atoms with Gasteiger partial charge in [0.1, 0.15) is 5.69 Å². The van der Waals surface area contributed by atoms with E-state index in [4.69, 9.17) is 0 Å². The summed E-state index contributed by atoms with van der Waals surface area (Å²) in [7, 11) is 0. The Morgan fingerprint density at radius 2 is 2.04 bits per heavy atom. The summed E-state index contributed by atoms with van der Waals surface area (Å²) in [4.78, 5) is 24.0. The van der Waals surface area contributed by atoms with Crippen molar-refractivity contribution in [2.24, 2.45) is 5.92 Å². The van der Waals surface area contributed by atoms with Crippen molar-refractivity contribution in [2.75, 3.05) is 18.4 Å². The van der Waals surface area contributed by atoms with Crippen molar-refractivity contribution in [3.8, 4) is 0 Å². The highest BCUT2D eigenvalue weighted by Crippen LogP contribution is 2.16. The molecule has 1 aliphatic heterocycles. The summed E-state index contributed by atoms with van der Waals surface area (Å²) >= 11 is 0. The van der Waals surface area contributed by atoms with E-state index in [0.717, 1.165) is 37.2 Å². The lowest BCUT2D eigenvalue weighted by molar-refractivity contribution is -0.118.